The van der Waals surface area contributed by atoms with E-state index in [0.29, 0.717) is 0 Å². The van der Waals surface area contributed by atoms with Crippen molar-refractivity contribution in [2.24, 2.45) is 0 Å². The number of benzene rings is 1. The maximum Gasteiger partial charge on any atom is -0.000835 e. The van der Waals surface area contributed by atoms with Gasteiger partial charge in [-0.05, 0) is 51.3 Å². The van der Waals surface area contributed by atoms with Gasteiger partial charge in [-0.15, -0.1) is 6.58 Å². The van der Waals surface area contributed by atoms with Gasteiger partial charge in [0, 0.05) is 0 Å². The van der Waals surface area contributed by atoms with E-state index in [4.69, 9.17) is 0 Å². The van der Waals surface area contributed by atoms with Gasteiger partial charge in [0.1, 0.15) is 0 Å². The molecule has 1 rings (SSSR count). The smallest absolute Gasteiger partial charge is 0.000835 e. The lowest BCUT2D eigenvalue weighted by atomic mass is 10.1. The van der Waals surface area contributed by atoms with Crippen LogP contribution in [0.4, 0.5) is 0 Å². The zero-order valence-corrected chi connectivity index (χ0v) is 11.0. The van der Waals surface area contributed by atoms with Gasteiger partial charge in [-0.25, -0.2) is 0 Å². The molecule has 17 heavy (non-hydrogen) atoms. The summed E-state index contributed by atoms with van der Waals surface area (Å²) in [6, 6.07) is 8.76. The predicted molar refractivity (Wildman–Crippen MR) is 76.4 cm³/mol. The van der Waals surface area contributed by atoms with Crippen LogP contribution in [-0.4, -0.2) is 13.1 Å². The van der Waals surface area contributed by atoms with Gasteiger partial charge in [0.15, 0.2) is 0 Å². The molecule has 1 N–H and O–H groups in total. The average Bonchev–Trinajstić information content (AvgIpc) is 2.33. The van der Waals surface area contributed by atoms with Gasteiger partial charge in [-0.2, -0.15) is 0 Å². The Morgan fingerprint density at radius 1 is 1.18 bits per heavy atom. The van der Waals surface area contributed by atoms with Crippen LogP contribution < -0.4 is 5.32 Å². The van der Waals surface area contributed by atoms with Crippen molar-refractivity contribution in [3.8, 4) is 0 Å². The van der Waals surface area contributed by atoms with Crippen LogP contribution in [-0.2, 0) is 6.42 Å². The summed E-state index contributed by atoms with van der Waals surface area (Å²) in [4.78, 5) is 0. The number of hydrogen-bond acceptors (Lipinski definition) is 1. The first-order valence-corrected chi connectivity index (χ1v) is 6.70. The van der Waals surface area contributed by atoms with Crippen LogP contribution in [0.2, 0.25) is 0 Å². The molecular weight excluding hydrogens is 206 g/mol. The van der Waals surface area contributed by atoms with Crippen molar-refractivity contribution in [3.63, 3.8) is 0 Å². The third-order valence-corrected chi connectivity index (χ3v) is 2.93. The molecule has 0 saturated heterocycles. The van der Waals surface area contributed by atoms with E-state index in [9.17, 15) is 0 Å². The van der Waals surface area contributed by atoms with Crippen molar-refractivity contribution in [2.45, 2.75) is 39.0 Å². The van der Waals surface area contributed by atoms with E-state index in [0.717, 1.165) is 25.9 Å². The molecule has 94 valence electrons. The Balaban J connectivity index is 1.99. The monoisotopic (exact) mass is 231 g/mol. The second kappa shape index (κ2) is 9.00. The van der Waals surface area contributed by atoms with E-state index < -0.39 is 0 Å². The topological polar surface area (TPSA) is 12.0 Å². The molecular formula is C16H25N. The number of rotatable bonds is 9. The van der Waals surface area contributed by atoms with Crippen molar-refractivity contribution in [1.82, 2.24) is 5.32 Å². The van der Waals surface area contributed by atoms with Crippen molar-refractivity contribution in [2.75, 3.05) is 13.1 Å². The number of unbranched alkanes of at least 4 members (excludes halogenated alkanes) is 3. The number of nitrogens with one attached hydrogen (secondary N) is 1. The summed E-state index contributed by atoms with van der Waals surface area (Å²) >= 11 is 0. The first-order chi connectivity index (χ1) is 8.33. The van der Waals surface area contributed by atoms with Gasteiger partial charge in [0.25, 0.3) is 0 Å². The van der Waals surface area contributed by atoms with Crippen molar-refractivity contribution >= 4 is 0 Å². The Hall–Kier alpha value is -1.08. The molecule has 1 aromatic carbocycles. The summed E-state index contributed by atoms with van der Waals surface area (Å²) in [5.74, 6) is 0. The third-order valence-electron chi connectivity index (χ3n) is 2.93. The van der Waals surface area contributed by atoms with Crippen molar-refractivity contribution in [1.29, 1.82) is 0 Å². The Morgan fingerprint density at radius 2 is 2.06 bits per heavy atom. The van der Waals surface area contributed by atoms with E-state index in [1.165, 1.54) is 30.4 Å². The number of allylic oxidation sites excluding steroid dienone is 1. The lowest BCUT2D eigenvalue weighted by molar-refractivity contribution is 0.606. The van der Waals surface area contributed by atoms with Gasteiger partial charge in [0.2, 0.25) is 0 Å². The molecule has 0 aliphatic carbocycles. The van der Waals surface area contributed by atoms with Gasteiger partial charge in [-0.1, -0.05) is 42.3 Å². The summed E-state index contributed by atoms with van der Waals surface area (Å²) in [7, 11) is 0. The first-order valence-electron chi connectivity index (χ1n) is 6.70. The van der Waals surface area contributed by atoms with E-state index in [-0.39, 0.29) is 0 Å². The van der Waals surface area contributed by atoms with Gasteiger partial charge >= 0.3 is 0 Å². The highest BCUT2D eigenvalue weighted by atomic mass is 14.8. The van der Waals surface area contributed by atoms with E-state index in [1.807, 2.05) is 6.08 Å². The van der Waals surface area contributed by atoms with Crippen LogP contribution in [0.1, 0.15) is 36.8 Å². The standard InChI is InChI=1S/C16H25N/c1-3-4-5-6-7-12-17-13-11-16-10-8-9-15(2)14-16/h3,8-10,14,17H,1,4-7,11-13H2,2H3. The molecule has 0 saturated carbocycles. The molecule has 1 aromatic rings. The first kappa shape index (κ1) is 14.0. The zero-order valence-electron chi connectivity index (χ0n) is 11.0. The second-order valence-electron chi connectivity index (χ2n) is 4.63. The van der Waals surface area contributed by atoms with Crippen molar-refractivity contribution in [3.05, 3.63) is 48.0 Å². The largest absolute Gasteiger partial charge is 0.316 e. The molecule has 0 spiro atoms. The van der Waals surface area contributed by atoms with E-state index in [1.54, 1.807) is 0 Å². The van der Waals surface area contributed by atoms with Crippen LogP contribution in [0.5, 0.6) is 0 Å². The molecule has 0 bridgehead atoms. The molecule has 0 aromatic heterocycles. The highest BCUT2D eigenvalue weighted by Crippen LogP contribution is 2.04. The summed E-state index contributed by atoms with van der Waals surface area (Å²) in [5.41, 5.74) is 2.79. The summed E-state index contributed by atoms with van der Waals surface area (Å²) in [6.45, 7) is 8.11. The summed E-state index contributed by atoms with van der Waals surface area (Å²) < 4.78 is 0. The fraction of sp³-hybridized carbons (Fsp3) is 0.500. The average molecular weight is 231 g/mol. The molecule has 0 unspecified atom stereocenters. The summed E-state index contributed by atoms with van der Waals surface area (Å²) in [6.07, 6.45) is 8.16. The van der Waals surface area contributed by atoms with Gasteiger partial charge < -0.3 is 5.32 Å². The van der Waals surface area contributed by atoms with Gasteiger partial charge in [-0.3, -0.25) is 0 Å². The van der Waals surface area contributed by atoms with Crippen LogP contribution in [0.3, 0.4) is 0 Å². The quantitative estimate of drug-likeness (QED) is 0.502. The van der Waals surface area contributed by atoms with Crippen molar-refractivity contribution < 1.29 is 0 Å². The Bertz CT molecular complexity index is 317. The number of hydrogen-bond donors (Lipinski definition) is 1. The predicted octanol–water partition coefficient (Wildman–Crippen LogP) is 3.87. The molecule has 0 aliphatic heterocycles. The maximum atomic E-state index is 3.73. The highest BCUT2D eigenvalue weighted by Gasteiger charge is 1.93. The molecule has 0 heterocycles. The Kier molecular flexibility index (Phi) is 7.40. The number of aryl methyl sites for hydroxylation is 1. The molecule has 0 atom stereocenters. The van der Waals surface area contributed by atoms with Crippen LogP contribution in [0.25, 0.3) is 0 Å². The molecule has 0 radical (unpaired) electrons. The van der Waals surface area contributed by atoms with E-state index >= 15 is 0 Å². The summed E-state index contributed by atoms with van der Waals surface area (Å²) in [5, 5.41) is 3.50. The molecule has 0 aliphatic rings. The SMILES string of the molecule is C=CCCCCCNCCc1cccc(C)c1. The van der Waals surface area contributed by atoms with Gasteiger partial charge in [0.05, 0.1) is 0 Å². The minimum absolute atomic E-state index is 1.09. The zero-order chi connectivity index (χ0) is 12.3. The molecule has 1 nitrogen and oxygen atoms in total. The Labute approximate surface area is 106 Å². The molecule has 1 heteroatoms. The minimum Gasteiger partial charge on any atom is -0.316 e. The lowest BCUT2D eigenvalue weighted by Gasteiger charge is -2.05. The second-order valence-corrected chi connectivity index (χ2v) is 4.63. The van der Waals surface area contributed by atoms with Crippen LogP contribution in [0, 0.1) is 6.92 Å². The Morgan fingerprint density at radius 3 is 2.82 bits per heavy atom. The third kappa shape index (κ3) is 6.96. The molecule has 0 amide bonds. The normalized spacial score (nSPS) is 10.4. The maximum absolute atomic E-state index is 3.73. The lowest BCUT2D eigenvalue weighted by Crippen LogP contribution is -2.18. The highest BCUT2D eigenvalue weighted by molar-refractivity contribution is 5.22. The van der Waals surface area contributed by atoms with E-state index in [2.05, 4.69) is 43.1 Å². The van der Waals surface area contributed by atoms with Crippen LogP contribution in [0.15, 0.2) is 36.9 Å². The fourth-order valence-electron chi connectivity index (χ4n) is 1.94. The fourth-order valence-corrected chi connectivity index (χ4v) is 1.94. The molecule has 0 fully saturated rings. The minimum atomic E-state index is 1.09. The van der Waals surface area contributed by atoms with Crippen LogP contribution >= 0.6 is 0 Å².